The molecule has 0 atom stereocenters. The van der Waals surface area contributed by atoms with Gasteiger partial charge in [-0.15, -0.1) is 0 Å². The molecule has 8 nitrogen and oxygen atoms in total. The molecule has 1 aliphatic heterocycles. The molecule has 8 heteroatoms. The van der Waals surface area contributed by atoms with Gasteiger partial charge in [-0.1, -0.05) is 12.1 Å². The predicted octanol–water partition coefficient (Wildman–Crippen LogP) is 4.85. The van der Waals surface area contributed by atoms with Crippen molar-refractivity contribution in [2.75, 3.05) is 20.3 Å². The van der Waals surface area contributed by atoms with Gasteiger partial charge < -0.3 is 18.9 Å². The number of hydrogen-bond acceptors (Lipinski definition) is 7. The van der Waals surface area contributed by atoms with Crippen molar-refractivity contribution < 1.29 is 28.7 Å². The van der Waals surface area contributed by atoms with E-state index >= 15 is 0 Å². The molecule has 3 aromatic rings. The second-order valence-electron chi connectivity index (χ2n) is 7.17. The van der Waals surface area contributed by atoms with Crippen LogP contribution in [0.25, 0.3) is 6.08 Å². The lowest BCUT2D eigenvalue weighted by atomic mass is 10.1. The Labute approximate surface area is 190 Å². The fourth-order valence-electron chi connectivity index (χ4n) is 3.30. The van der Waals surface area contributed by atoms with E-state index in [0.29, 0.717) is 41.8 Å². The molecule has 0 amide bonds. The van der Waals surface area contributed by atoms with Gasteiger partial charge in [0.05, 0.1) is 12.0 Å². The number of benzene rings is 3. The smallest absolute Gasteiger partial charge is 0.269 e. The van der Waals surface area contributed by atoms with Gasteiger partial charge in [0.25, 0.3) is 5.69 Å². The summed E-state index contributed by atoms with van der Waals surface area (Å²) in [5.41, 5.74) is 2.06. The highest BCUT2D eigenvalue weighted by molar-refractivity contribution is 6.07. The Morgan fingerprint density at radius 1 is 1.03 bits per heavy atom. The van der Waals surface area contributed by atoms with Crippen LogP contribution in [0.4, 0.5) is 5.69 Å². The Kier molecular flexibility index (Phi) is 6.54. The summed E-state index contributed by atoms with van der Waals surface area (Å²) in [4.78, 5) is 22.9. The summed E-state index contributed by atoms with van der Waals surface area (Å²) in [6.07, 6.45) is 3.21. The zero-order chi connectivity index (χ0) is 23.2. The van der Waals surface area contributed by atoms with Crippen molar-refractivity contribution in [2.24, 2.45) is 0 Å². The number of hydrogen-bond donors (Lipinski definition) is 0. The van der Waals surface area contributed by atoms with Gasteiger partial charge in [-0.3, -0.25) is 14.9 Å². The van der Waals surface area contributed by atoms with Crippen molar-refractivity contribution in [3.05, 3.63) is 93.5 Å². The van der Waals surface area contributed by atoms with Crippen LogP contribution in [-0.2, 0) is 6.61 Å². The van der Waals surface area contributed by atoms with Crippen molar-refractivity contribution in [1.82, 2.24) is 0 Å². The van der Waals surface area contributed by atoms with Crippen molar-refractivity contribution in [1.29, 1.82) is 0 Å². The first-order valence-corrected chi connectivity index (χ1v) is 10.2. The topological polar surface area (TPSA) is 97.1 Å². The van der Waals surface area contributed by atoms with E-state index in [1.165, 1.54) is 18.2 Å². The third-order valence-corrected chi connectivity index (χ3v) is 5.00. The van der Waals surface area contributed by atoms with Crippen LogP contribution in [-0.4, -0.2) is 31.0 Å². The summed E-state index contributed by atoms with van der Waals surface area (Å²) in [5.74, 6) is 2.17. The van der Waals surface area contributed by atoms with E-state index in [4.69, 9.17) is 18.9 Å². The molecule has 1 aliphatic rings. The van der Waals surface area contributed by atoms with Crippen LogP contribution in [0.1, 0.15) is 21.5 Å². The number of methoxy groups -OCH3 is 1. The van der Waals surface area contributed by atoms with Crippen molar-refractivity contribution >= 4 is 17.5 Å². The summed E-state index contributed by atoms with van der Waals surface area (Å²) in [7, 11) is 1.56. The summed E-state index contributed by atoms with van der Waals surface area (Å²) in [6, 6.07) is 16.5. The molecule has 1 heterocycles. The van der Waals surface area contributed by atoms with Crippen LogP contribution < -0.4 is 18.9 Å². The standard InChI is InChI=1S/C25H21NO7/c1-30-23-10-3-17(14-19(23)16-33-21-7-5-20(6-8-21)26(28)29)2-9-22(27)18-4-11-24-25(15-18)32-13-12-31-24/h2-11,14-15H,12-13,16H2,1H3/b9-2+. The molecule has 33 heavy (non-hydrogen) atoms. The third-order valence-electron chi connectivity index (χ3n) is 5.00. The molecule has 4 rings (SSSR count). The lowest BCUT2D eigenvalue weighted by Gasteiger charge is -2.18. The molecule has 0 saturated heterocycles. The van der Waals surface area contributed by atoms with Gasteiger partial charge in [0.15, 0.2) is 17.3 Å². The van der Waals surface area contributed by atoms with Gasteiger partial charge >= 0.3 is 0 Å². The highest BCUT2D eigenvalue weighted by Gasteiger charge is 2.14. The monoisotopic (exact) mass is 447 g/mol. The minimum absolute atomic E-state index is 0.00486. The molecule has 0 unspecified atom stereocenters. The van der Waals surface area contributed by atoms with E-state index in [9.17, 15) is 14.9 Å². The second-order valence-corrected chi connectivity index (χ2v) is 7.17. The van der Waals surface area contributed by atoms with Crippen LogP contribution in [0, 0.1) is 10.1 Å². The van der Waals surface area contributed by atoms with Gasteiger partial charge in [0, 0.05) is 23.3 Å². The van der Waals surface area contributed by atoms with Gasteiger partial charge in [-0.2, -0.15) is 0 Å². The van der Waals surface area contributed by atoms with E-state index in [2.05, 4.69) is 0 Å². The first kappa shape index (κ1) is 21.9. The quantitative estimate of drug-likeness (QED) is 0.211. The number of carbonyl (C=O) groups is 1. The number of nitro benzene ring substituents is 1. The minimum atomic E-state index is -0.463. The van der Waals surface area contributed by atoms with Crippen LogP contribution in [0.2, 0.25) is 0 Å². The number of ketones is 1. The third kappa shape index (κ3) is 5.30. The molecule has 3 aromatic carbocycles. The maximum atomic E-state index is 12.6. The van der Waals surface area contributed by atoms with Crippen LogP contribution in [0.3, 0.4) is 0 Å². The Balaban J connectivity index is 1.46. The first-order chi connectivity index (χ1) is 16.0. The van der Waals surface area contributed by atoms with E-state index in [1.54, 1.807) is 49.6 Å². The number of nitro groups is 1. The number of non-ortho nitro benzene ring substituents is 1. The summed E-state index contributed by atoms with van der Waals surface area (Å²) in [5, 5.41) is 10.8. The van der Waals surface area contributed by atoms with Crippen molar-refractivity contribution in [2.45, 2.75) is 6.61 Å². The number of fused-ring (bicyclic) bond motifs is 1. The van der Waals surface area contributed by atoms with E-state index in [-0.39, 0.29) is 18.1 Å². The molecule has 0 N–H and O–H groups in total. The molecule has 0 aliphatic carbocycles. The maximum Gasteiger partial charge on any atom is 0.269 e. The number of carbonyl (C=O) groups excluding carboxylic acids is 1. The lowest BCUT2D eigenvalue weighted by molar-refractivity contribution is -0.384. The van der Waals surface area contributed by atoms with Crippen LogP contribution >= 0.6 is 0 Å². The lowest BCUT2D eigenvalue weighted by Crippen LogP contribution is -2.15. The first-order valence-electron chi connectivity index (χ1n) is 10.2. The average Bonchev–Trinajstić information content (AvgIpc) is 2.86. The van der Waals surface area contributed by atoms with Crippen molar-refractivity contribution in [3.63, 3.8) is 0 Å². The normalized spacial score (nSPS) is 12.4. The van der Waals surface area contributed by atoms with Gasteiger partial charge in [-0.05, 0) is 54.1 Å². The molecule has 0 saturated carbocycles. The van der Waals surface area contributed by atoms with E-state index < -0.39 is 4.92 Å². The molecule has 0 spiro atoms. The molecule has 0 aromatic heterocycles. The van der Waals surface area contributed by atoms with Gasteiger partial charge in [-0.25, -0.2) is 0 Å². The Hall–Kier alpha value is -4.33. The van der Waals surface area contributed by atoms with Gasteiger partial charge in [0.2, 0.25) is 0 Å². The SMILES string of the molecule is COc1ccc(/C=C/C(=O)c2ccc3c(c2)OCCO3)cc1COc1ccc([N+](=O)[O-])cc1. The molecule has 168 valence electrons. The number of nitrogens with zero attached hydrogens (tertiary/aromatic N) is 1. The van der Waals surface area contributed by atoms with Crippen LogP contribution in [0.5, 0.6) is 23.0 Å². The number of allylic oxidation sites excluding steroid dienone is 1. The van der Waals surface area contributed by atoms with Crippen LogP contribution in [0.15, 0.2) is 66.7 Å². The Morgan fingerprint density at radius 2 is 1.79 bits per heavy atom. The summed E-state index contributed by atoms with van der Waals surface area (Å²) < 4.78 is 22.2. The molecule has 0 bridgehead atoms. The summed E-state index contributed by atoms with van der Waals surface area (Å²) >= 11 is 0. The second kappa shape index (κ2) is 9.86. The fraction of sp³-hybridized carbons (Fsp3) is 0.160. The average molecular weight is 447 g/mol. The molecular weight excluding hydrogens is 426 g/mol. The summed E-state index contributed by atoms with van der Waals surface area (Å²) in [6.45, 7) is 1.14. The molecule has 0 fully saturated rings. The molecular formula is C25H21NO7. The Morgan fingerprint density at radius 3 is 2.52 bits per heavy atom. The number of ether oxygens (including phenoxy) is 4. The van der Waals surface area contributed by atoms with E-state index in [0.717, 1.165) is 11.1 Å². The fourth-order valence-corrected chi connectivity index (χ4v) is 3.30. The Bertz CT molecular complexity index is 1200. The molecule has 0 radical (unpaired) electrons. The highest BCUT2D eigenvalue weighted by Crippen LogP contribution is 2.31. The zero-order valence-corrected chi connectivity index (χ0v) is 17.9. The minimum Gasteiger partial charge on any atom is -0.496 e. The number of rotatable bonds is 8. The zero-order valence-electron chi connectivity index (χ0n) is 17.9. The largest absolute Gasteiger partial charge is 0.496 e. The maximum absolute atomic E-state index is 12.6. The van der Waals surface area contributed by atoms with Gasteiger partial charge in [0.1, 0.15) is 31.3 Å². The highest BCUT2D eigenvalue weighted by atomic mass is 16.6. The van der Waals surface area contributed by atoms with Crippen molar-refractivity contribution in [3.8, 4) is 23.0 Å². The van der Waals surface area contributed by atoms with E-state index in [1.807, 2.05) is 12.1 Å². The predicted molar refractivity (Wildman–Crippen MR) is 121 cm³/mol.